The van der Waals surface area contributed by atoms with Crippen LogP contribution in [0.3, 0.4) is 0 Å². The quantitative estimate of drug-likeness (QED) is 0.108. The number of hydrogen-bond acceptors (Lipinski definition) is 7. The number of hydrogen-bond donors (Lipinski definition) is 7. The number of ether oxygens (including phenoxy) is 1. The molecule has 0 aromatic heterocycles. The van der Waals surface area contributed by atoms with Gasteiger partial charge >= 0.3 is 30.2 Å². The van der Waals surface area contributed by atoms with E-state index in [4.69, 9.17) is 20.4 Å². The topological polar surface area (TPSA) is 209 Å². The highest BCUT2D eigenvalue weighted by Crippen LogP contribution is 2.13. The van der Waals surface area contributed by atoms with Crippen LogP contribution in [0.2, 0.25) is 0 Å². The Morgan fingerprint density at radius 2 is 1.25 bits per heavy atom. The van der Waals surface area contributed by atoms with Gasteiger partial charge in [0, 0.05) is 13.1 Å². The zero-order valence-electron chi connectivity index (χ0n) is 26.5. The summed E-state index contributed by atoms with van der Waals surface area (Å²) in [5.74, 6) is -4.25. The van der Waals surface area contributed by atoms with E-state index < -0.39 is 42.3 Å². The Kier molecular flexibility index (Phi) is 20.1. The first-order valence-corrected chi connectivity index (χ1v) is 15.4. The molecule has 0 fully saturated rings. The lowest BCUT2D eigenvalue weighted by Gasteiger charge is -2.21. The molecular weight excluding hydrogens is 639 g/mol. The molecule has 0 radical (unpaired) electrons. The summed E-state index contributed by atoms with van der Waals surface area (Å²) in [5.41, 5.74) is 7.53. The molecule has 2 rings (SSSR count). The number of carboxylic acid groups (broad SMARTS) is 2. The molecule has 0 saturated heterocycles. The van der Waals surface area contributed by atoms with Gasteiger partial charge in [-0.15, -0.1) is 0 Å². The highest BCUT2D eigenvalue weighted by atomic mass is 19.4. The molecule has 48 heavy (non-hydrogen) atoms. The Bertz CT molecular complexity index is 1250. The van der Waals surface area contributed by atoms with Crippen molar-refractivity contribution >= 4 is 30.0 Å². The lowest BCUT2D eigenvalue weighted by Crippen LogP contribution is -2.53. The van der Waals surface area contributed by atoms with Crippen molar-refractivity contribution in [1.82, 2.24) is 21.3 Å². The second kappa shape index (κ2) is 23.5. The molecule has 2 aromatic rings. The van der Waals surface area contributed by atoms with Crippen molar-refractivity contribution in [2.45, 2.75) is 76.2 Å². The number of halogens is 3. The van der Waals surface area contributed by atoms with Crippen LogP contribution >= 0.6 is 0 Å². The number of alkyl halides is 3. The van der Waals surface area contributed by atoms with Crippen molar-refractivity contribution in [3.63, 3.8) is 0 Å². The summed E-state index contributed by atoms with van der Waals surface area (Å²) in [6, 6.07) is 16.6. The van der Waals surface area contributed by atoms with Crippen LogP contribution in [0.15, 0.2) is 60.7 Å². The largest absolute Gasteiger partial charge is 0.490 e. The summed E-state index contributed by atoms with van der Waals surface area (Å²) >= 11 is 0. The highest BCUT2D eigenvalue weighted by Gasteiger charge is 2.38. The fourth-order valence-corrected chi connectivity index (χ4v) is 4.09. The van der Waals surface area contributed by atoms with Gasteiger partial charge in [0.15, 0.2) is 0 Å². The average Bonchev–Trinajstić information content (AvgIpc) is 3.05. The summed E-state index contributed by atoms with van der Waals surface area (Å²) in [7, 11) is 0. The third-order valence-corrected chi connectivity index (χ3v) is 6.60. The fourth-order valence-electron chi connectivity index (χ4n) is 4.09. The van der Waals surface area contributed by atoms with E-state index in [1.165, 1.54) is 5.56 Å². The number of nitrogens with one attached hydrogen (secondary N) is 4. The number of alkyl carbamates (subject to hydrolysis) is 1. The molecule has 0 unspecified atom stereocenters. The zero-order valence-corrected chi connectivity index (χ0v) is 26.5. The molecule has 0 spiro atoms. The van der Waals surface area contributed by atoms with E-state index in [0.717, 1.165) is 18.4 Å². The third kappa shape index (κ3) is 19.6. The van der Waals surface area contributed by atoms with Crippen molar-refractivity contribution in [3.05, 3.63) is 71.8 Å². The van der Waals surface area contributed by atoms with Gasteiger partial charge in [-0.05, 0) is 69.0 Å². The summed E-state index contributed by atoms with van der Waals surface area (Å²) < 4.78 is 36.9. The van der Waals surface area contributed by atoms with Gasteiger partial charge in [-0.3, -0.25) is 4.79 Å². The molecule has 13 nitrogen and oxygen atoms in total. The van der Waals surface area contributed by atoms with Crippen LogP contribution in [0.25, 0.3) is 0 Å². The minimum Gasteiger partial charge on any atom is -0.480 e. The Morgan fingerprint density at radius 1 is 0.729 bits per heavy atom. The third-order valence-electron chi connectivity index (χ3n) is 6.60. The summed E-state index contributed by atoms with van der Waals surface area (Å²) in [4.78, 5) is 58.0. The molecule has 0 bridgehead atoms. The molecule has 0 aliphatic carbocycles. The molecule has 8 N–H and O–H groups in total. The number of aryl methyl sites for hydroxylation is 1. The van der Waals surface area contributed by atoms with Crippen molar-refractivity contribution in [2.75, 3.05) is 19.6 Å². The van der Waals surface area contributed by atoms with Gasteiger partial charge in [0.05, 0.1) is 0 Å². The first-order chi connectivity index (χ1) is 22.8. The number of nitrogens with two attached hydrogens (primary N) is 1. The van der Waals surface area contributed by atoms with Gasteiger partial charge in [-0.1, -0.05) is 60.7 Å². The van der Waals surface area contributed by atoms with E-state index in [2.05, 4.69) is 21.3 Å². The summed E-state index contributed by atoms with van der Waals surface area (Å²) in [6.45, 7) is 1.37. The predicted molar refractivity (Wildman–Crippen MR) is 170 cm³/mol. The normalized spacial score (nSPS) is 11.9. The fraction of sp³-hybridized carbons (Fsp3) is 0.469. The van der Waals surface area contributed by atoms with E-state index in [1.807, 2.05) is 60.7 Å². The minimum atomic E-state index is -5.08. The minimum absolute atomic E-state index is 0.168. The lowest BCUT2D eigenvalue weighted by molar-refractivity contribution is -0.192. The zero-order chi connectivity index (χ0) is 35.8. The van der Waals surface area contributed by atoms with E-state index in [9.17, 15) is 37.5 Å². The van der Waals surface area contributed by atoms with Crippen molar-refractivity contribution in [2.24, 2.45) is 5.73 Å². The molecule has 2 atom stereocenters. The Balaban J connectivity index is 0.00000148. The number of urea groups is 1. The second-order valence-corrected chi connectivity index (χ2v) is 10.5. The van der Waals surface area contributed by atoms with E-state index in [1.54, 1.807) is 0 Å². The lowest BCUT2D eigenvalue weighted by atomic mass is 10.1. The van der Waals surface area contributed by atoms with Gasteiger partial charge in [0.25, 0.3) is 0 Å². The first-order valence-electron chi connectivity index (χ1n) is 15.4. The predicted octanol–water partition coefficient (Wildman–Crippen LogP) is 3.72. The standard InChI is InChI=1S/C30H43N5O6.C2HF3O2/c31-19-9-7-18-26(28(37)38)35-29(39)34-25(27(36)32-21-11-16-23-12-3-1-4-13-23)17-8-10-20-33-30(40)41-22-24-14-5-2-6-15-24;3-2(4,5)1(6)7/h1-6,12-15,25-26H,7-11,16-22,31H2,(H,32,36)(H,33,40)(H,37,38)(H2,34,35,39);(H,6,7)/t25-,26+;/m1./s1. The molecule has 0 saturated carbocycles. The number of carbonyl (C=O) groups is 5. The van der Waals surface area contributed by atoms with E-state index >= 15 is 0 Å². The van der Waals surface area contributed by atoms with Gasteiger partial charge < -0.3 is 42.0 Å². The smallest absolute Gasteiger partial charge is 0.480 e. The van der Waals surface area contributed by atoms with Crippen LogP contribution in [0.4, 0.5) is 22.8 Å². The molecule has 0 heterocycles. The van der Waals surface area contributed by atoms with Crippen molar-refractivity contribution < 1.29 is 52.1 Å². The van der Waals surface area contributed by atoms with Crippen LogP contribution in [0.5, 0.6) is 0 Å². The molecule has 16 heteroatoms. The molecule has 266 valence electrons. The number of rotatable bonds is 19. The van der Waals surface area contributed by atoms with E-state index in [-0.39, 0.29) is 18.9 Å². The maximum atomic E-state index is 12.9. The number of aliphatic carboxylic acids is 2. The van der Waals surface area contributed by atoms with Crippen molar-refractivity contribution in [3.8, 4) is 0 Å². The Morgan fingerprint density at radius 3 is 1.81 bits per heavy atom. The molecule has 0 aliphatic heterocycles. The van der Waals surface area contributed by atoms with Crippen LogP contribution in [-0.4, -0.2) is 78.1 Å². The molecule has 4 amide bonds. The summed E-state index contributed by atoms with van der Waals surface area (Å²) in [6.07, 6.45) is -1.26. The first kappa shape index (κ1) is 41.2. The monoisotopic (exact) mass is 683 g/mol. The van der Waals surface area contributed by atoms with Crippen molar-refractivity contribution in [1.29, 1.82) is 0 Å². The average molecular weight is 684 g/mol. The molecule has 0 aliphatic rings. The van der Waals surface area contributed by atoms with Crippen LogP contribution in [0, 0.1) is 0 Å². The van der Waals surface area contributed by atoms with Crippen LogP contribution in [-0.2, 0) is 32.1 Å². The Labute approximate surface area is 276 Å². The number of benzene rings is 2. The second-order valence-electron chi connectivity index (χ2n) is 10.5. The van der Waals surface area contributed by atoms with Gasteiger partial charge in [0.2, 0.25) is 5.91 Å². The van der Waals surface area contributed by atoms with Gasteiger partial charge in [-0.2, -0.15) is 13.2 Å². The number of amides is 4. The number of unbranched alkanes of at least 4 members (excludes halogenated alkanes) is 2. The SMILES string of the molecule is NCCCC[C@H](NC(=O)N[C@H](CCCCNC(=O)OCc1ccccc1)C(=O)NCCCc1ccccc1)C(=O)O.O=C(O)C(F)(F)F. The molecule has 2 aromatic carbocycles. The maximum Gasteiger partial charge on any atom is 0.490 e. The Hall–Kier alpha value is -4.86. The summed E-state index contributed by atoms with van der Waals surface area (Å²) in [5, 5.41) is 27.2. The van der Waals surface area contributed by atoms with Gasteiger partial charge in [0.1, 0.15) is 18.7 Å². The number of carboxylic acids is 2. The highest BCUT2D eigenvalue weighted by molar-refractivity contribution is 5.88. The number of carbonyl (C=O) groups excluding carboxylic acids is 3. The maximum absolute atomic E-state index is 12.9. The van der Waals surface area contributed by atoms with Crippen LogP contribution < -0.4 is 27.0 Å². The van der Waals surface area contributed by atoms with Gasteiger partial charge in [-0.25, -0.2) is 19.2 Å². The molecular formula is C32H44F3N5O8. The van der Waals surface area contributed by atoms with Crippen LogP contribution in [0.1, 0.15) is 56.1 Å². The van der Waals surface area contributed by atoms with E-state index in [0.29, 0.717) is 51.7 Å².